The van der Waals surface area contributed by atoms with Gasteiger partial charge in [-0.15, -0.1) is 0 Å². The zero-order valence-electron chi connectivity index (χ0n) is 9.39. The van der Waals surface area contributed by atoms with E-state index in [9.17, 15) is 4.79 Å². The molecule has 2 fully saturated rings. The molecule has 2 rings (SSSR count). The number of carbonyl (C=O) groups is 1. The summed E-state index contributed by atoms with van der Waals surface area (Å²) in [5, 5.41) is 3.36. The van der Waals surface area contributed by atoms with E-state index in [0.717, 1.165) is 12.8 Å². The van der Waals surface area contributed by atoms with E-state index in [1.165, 1.54) is 12.8 Å². The second-order valence-corrected chi connectivity index (χ2v) is 4.99. The van der Waals surface area contributed by atoms with Gasteiger partial charge in [0.05, 0.1) is 0 Å². The third-order valence-electron chi connectivity index (χ3n) is 3.69. The van der Waals surface area contributed by atoms with Crippen LogP contribution in [0, 0.1) is 11.8 Å². The molecule has 0 aromatic rings. The lowest BCUT2D eigenvalue weighted by atomic mass is 10.0. The molecule has 1 amide bonds. The van der Waals surface area contributed by atoms with Crippen molar-refractivity contribution in [3.05, 3.63) is 5.53 Å². The Labute approximate surface area is 90.5 Å². The van der Waals surface area contributed by atoms with E-state index >= 15 is 0 Å². The molecule has 0 aromatic heterocycles. The molecule has 3 atom stereocenters. The molecule has 15 heavy (non-hydrogen) atoms. The molecule has 4 heteroatoms. The number of likely N-dealkylation sites (tertiary alicyclic amines) is 1. The van der Waals surface area contributed by atoms with Crippen molar-refractivity contribution >= 4 is 5.91 Å². The van der Waals surface area contributed by atoms with Gasteiger partial charge in [0.25, 0.3) is 0 Å². The molecule has 1 saturated carbocycles. The summed E-state index contributed by atoms with van der Waals surface area (Å²) in [5.74, 6) is 0.689. The predicted molar refractivity (Wildman–Crippen MR) is 57.0 cm³/mol. The van der Waals surface area contributed by atoms with Gasteiger partial charge in [-0.25, -0.2) is 0 Å². The van der Waals surface area contributed by atoms with Crippen molar-refractivity contribution in [2.75, 3.05) is 0 Å². The summed E-state index contributed by atoms with van der Waals surface area (Å²) >= 11 is 0. The minimum atomic E-state index is -0.282. The molecule has 0 bridgehead atoms. The Morgan fingerprint density at radius 1 is 1.47 bits per heavy atom. The highest BCUT2D eigenvalue weighted by molar-refractivity contribution is 5.79. The maximum atomic E-state index is 12.0. The first-order valence-corrected chi connectivity index (χ1v) is 5.81. The zero-order chi connectivity index (χ0) is 11.0. The molecule has 0 N–H and O–H groups in total. The Bertz CT molecular complexity index is 277. The number of hydrogen-bond donors (Lipinski definition) is 0. The molecule has 0 spiro atoms. The van der Waals surface area contributed by atoms with Gasteiger partial charge in [0, 0.05) is 12.0 Å². The summed E-state index contributed by atoms with van der Waals surface area (Å²) in [7, 11) is 0. The smallest absolute Gasteiger partial charge is 0.227 e. The van der Waals surface area contributed by atoms with Crippen molar-refractivity contribution in [2.24, 2.45) is 17.0 Å². The number of rotatable bonds is 2. The molecule has 1 saturated heterocycles. The van der Waals surface area contributed by atoms with Crippen LogP contribution in [-0.4, -0.2) is 23.0 Å². The standard InChI is InChI=1S/C11H18N3O/c1-7(2)11(15)14-9-5-3-4-8(9)6-10(14)13-12/h7-10H,3-6H2,1-2H3/q-1. The Balaban J connectivity index is 2.18. The van der Waals surface area contributed by atoms with Crippen LogP contribution in [0.25, 0.3) is 5.53 Å². The van der Waals surface area contributed by atoms with Gasteiger partial charge in [-0.05, 0) is 25.2 Å². The van der Waals surface area contributed by atoms with Crippen LogP contribution in [0.5, 0.6) is 0 Å². The maximum Gasteiger partial charge on any atom is 0.227 e. The molecular weight excluding hydrogens is 190 g/mol. The van der Waals surface area contributed by atoms with Crippen LogP contribution < -0.4 is 0 Å². The van der Waals surface area contributed by atoms with Crippen molar-refractivity contribution in [3.8, 4) is 0 Å². The average molecular weight is 208 g/mol. The lowest BCUT2D eigenvalue weighted by molar-refractivity contribution is -0.137. The summed E-state index contributed by atoms with van der Waals surface area (Å²) in [6, 6.07) is 0.334. The van der Waals surface area contributed by atoms with E-state index < -0.39 is 0 Å². The molecular formula is C11H18N3O-. The van der Waals surface area contributed by atoms with Crippen molar-refractivity contribution in [2.45, 2.75) is 51.7 Å². The van der Waals surface area contributed by atoms with E-state index in [2.05, 4.69) is 5.11 Å². The van der Waals surface area contributed by atoms with Crippen molar-refractivity contribution < 1.29 is 4.79 Å². The van der Waals surface area contributed by atoms with Crippen LogP contribution in [0.2, 0.25) is 0 Å². The number of amides is 1. The van der Waals surface area contributed by atoms with Crippen LogP contribution in [0.4, 0.5) is 0 Å². The van der Waals surface area contributed by atoms with Gasteiger partial charge in [0.2, 0.25) is 5.91 Å². The molecule has 1 aliphatic carbocycles. The molecule has 84 valence electrons. The third kappa shape index (κ3) is 1.66. The van der Waals surface area contributed by atoms with Crippen molar-refractivity contribution in [3.63, 3.8) is 0 Å². The summed E-state index contributed by atoms with van der Waals surface area (Å²) in [5.41, 5.74) is 8.95. The highest BCUT2D eigenvalue weighted by Crippen LogP contribution is 2.42. The van der Waals surface area contributed by atoms with Crippen LogP contribution in [0.3, 0.4) is 0 Å². The van der Waals surface area contributed by atoms with E-state index in [1.807, 2.05) is 18.7 Å². The number of nitrogens with zero attached hydrogens (tertiary/aromatic N) is 3. The van der Waals surface area contributed by atoms with Gasteiger partial charge in [-0.3, -0.25) is 4.79 Å². The zero-order valence-corrected chi connectivity index (χ0v) is 9.39. The molecule has 4 nitrogen and oxygen atoms in total. The summed E-state index contributed by atoms with van der Waals surface area (Å²) < 4.78 is 0. The van der Waals surface area contributed by atoms with Gasteiger partial charge in [-0.1, -0.05) is 20.3 Å². The highest BCUT2D eigenvalue weighted by atomic mass is 16.2. The molecule has 0 aromatic carbocycles. The number of fused-ring (bicyclic) bond motifs is 1. The van der Waals surface area contributed by atoms with E-state index in [4.69, 9.17) is 5.53 Å². The summed E-state index contributed by atoms with van der Waals surface area (Å²) in [4.78, 5) is 13.8. The third-order valence-corrected chi connectivity index (χ3v) is 3.69. The summed E-state index contributed by atoms with van der Waals surface area (Å²) in [6.07, 6.45) is 4.03. The normalized spacial score (nSPS) is 34.6. The molecule has 3 unspecified atom stereocenters. The molecule has 1 aliphatic heterocycles. The SMILES string of the molecule is CC(C)C(=O)N1C(N=[N-])CC2CCCC21. The Kier molecular flexibility index (Phi) is 2.76. The Hall–Kier alpha value is -0.930. The lowest BCUT2D eigenvalue weighted by Crippen LogP contribution is -2.42. The van der Waals surface area contributed by atoms with Crippen LogP contribution >= 0.6 is 0 Å². The number of hydrogen-bond acceptors (Lipinski definition) is 2. The van der Waals surface area contributed by atoms with Crippen molar-refractivity contribution in [1.82, 2.24) is 4.90 Å². The van der Waals surface area contributed by atoms with Gasteiger partial charge in [-0.2, -0.15) is 0 Å². The van der Waals surface area contributed by atoms with Gasteiger partial charge >= 0.3 is 0 Å². The monoisotopic (exact) mass is 208 g/mol. The maximum absolute atomic E-state index is 12.0. The van der Waals surface area contributed by atoms with Crippen LogP contribution in [0.15, 0.2) is 5.11 Å². The average Bonchev–Trinajstić information content (AvgIpc) is 2.74. The fourth-order valence-electron chi connectivity index (χ4n) is 2.98. The quantitative estimate of drug-likeness (QED) is 0.643. The fourth-order valence-corrected chi connectivity index (χ4v) is 2.98. The van der Waals surface area contributed by atoms with Crippen LogP contribution in [-0.2, 0) is 4.79 Å². The first kappa shape index (κ1) is 10.6. The lowest BCUT2D eigenvalue weighted by Gasteiger charge is -2.30. The van der Waals surface area contributed by atoms with E-state index in [1.54, 1.807) is 0 Å². The molecule has 2 aliphatic rings. The number of carbonyl (C=O) groups excluding carboxylic acids is 1. The minimum Gasteiger partial charge on any atom is -0.710 e. The second kappa shape index (κ2) is 3.91. The molecule has 1 heterocycles. The van der Waals surface area contributed by atoms with Gasteiger partial charge < -0.3 is 15.5 Å². The summed E-state index contributed by atoms with van der Waals surface area (Å²) in [6.45, 7) is 3.80. The largest absolute Gasteiger partial charge is 0.710 e. The fraction of sp³-hybridized carbons (Fsp3) is 0.909. The Morgan fingerprint density at radius 3 is 2.80 bits per heavy atom. The second-order valence-electron chi connectivity index (χ2n) is 4.99. The van der Waals surface area contributed by atoms with Crippen molar-refractivity contribution in [1.29, 1.82) is 0 Å². The van der Waals surface area contributed by atoms with Gasteiger partial charge in [0.1, 0.15) is 6.17 Å². The first-order valence-electron chi connectivity index (χ1n) is 5.81. The predicted octanol–water partition coefficient (Wildman–Crippen LogP) is 2.39. The van der Waals surface area contributed by atoms with E-state index in [-0.39, 0.29) is 18.0 Å². The van der Waals surface area contributed by atoms with Gasteiger partial charge in [0.15, 0.2) is 0 Å². The minimum absolute atomic E-state index is 0.00593. The topological polar surface area (TPSA) is 55.0 Å². The highest BCUT2D eigenvalue weighted by Gasteiger charge is 2.45. The van der Waals surface area contributed by atoms with Crippen LogP contribution in [0.1, 0.15) is 39.5 Å². The molecule has 0 radical (unpaired) electrons. The first-order chi connectivity index (χ1) is 7.15. The van der Waals surface area contributed by atoms with E-state index in [0.29, 0.717) is 12.0 Å². The Morgan fingerprint density at radius 2 is 2.20 bits per heavy atom.